The van der Waals surface area contributed by atoms with E-state index in [1.54, 1.807) is 38.1 Å². The largest absolute Gasteiger partial charge is 0.240 e. The number of nitrogens with one attached hydrogen (secondary N) is 1. The molecule has 120 valence electrons. The molecule has 1 aromatic carbocycles. The van der Waals surface area contributed by atoms with Crippen LogP contribution in [-0.2, 0) is 20.0 Å². The first-order valence-corrected chi connectivity index (χ1v) is 10.0. The number of benzene rings is 1. The minimum absolute atomic E-state index is 0.197. The van der Waals surface area contributed by atoms with Gasteiger partial charge in [0, 0.05) is 19.6 Å². The summed E-state index contributed by atoms with van der Waals surface area (Å²) < 4.78 is 50.9. The molecule has 0 bridgehead atoms. The first-order chi connectivity index (χ1) is 9.68. The second-order valence-electron chi connectivity index (χ2n) is 4.77. The van der Waals surface area contributed by atoms with Crippen molar-refractivity contribution in [3.05, 3.63) is 29.8 Å². The van der Waals surface area contributed by atoms with Gasteiger partial charge in [-0.25, -0.2) is 25.9 Å². The maximum absolute atomic E-state index is 12.1. The van der Waals surface area contributed by atoms with Gasteiger partial charge < -0.3 is 0 Å². The molecule has 0 saturated heterocycles. The third-order valence-electron chi connectivity index (χ3n) is 3.08. The van der Waals surface area contributed by atoms with Gasteiger partial charge in [0.15, 0.2) is 0 Å². The van der Waals surface area contributed by atoms with Gasteiger partial charge in [0.1, 0.15) is 0 Å². The number of nitrogens with zero attached hydrogens (tertiary/aromatic N) is 1. The Morgan fingerprint density at radius 2 is 1.76 bits per heavy atom. The molecule has 0 aliphatic rings. The van der Waals surface area contributed by atoms with E-state index in [2.05, 4.69) is 4.72 Å². The van der Waals surface area contributed by atoms with Gasteiger partial charge in [0.2, 0.25) is 20.0 Å². The average molecular weight is 334 g/mol. The third-order valence-corrected chi connectivity index (χ3v) is 6.08. The predicted octanol–water partition coefficient (Wildman–Crippen LogP) is 0.945. The van der Waals surface area contributed by atoms with Crippen molar-refractivity contribution in [2.24, 2.45) is 0 Å². The maximum Gasteiger partial charge on any atom is 0.240 e. The summed E-state index contributed by atoms with van der Waals surface area (Å²) in [7, 11) is -6.78. The van der Waals surface area contributed by atoms with Crippen molar-refractivity contribution >= 4 is 20.0 Å². The van der Waals surface area contributed by atoms with Crippen LogP contribution >= 0.6 is 0 Å². The van der Waals surface area contributed by atoms with Crippen LogP contribution in [0.15, 0.2) is 29.2 Å². The highest BCUT2D eigenvalue weighted by molar-refractivity contribution is 7.89. The van der Waals surface area contributed by atoms with Gasteiger partial charge >= 0.3 is 0 Å². The molecule has 0 aromatic heterocycles. The molecule has 0 heterocycles. The predicted molar refractivity (Wildman–Crippen MR) is 83.1 cm³/mol. The van der Waals surface area contributed by atoms with Crippen molar-refractivity contribution in [2.75, 3.05) is 25.9 Å². The average Bonchev–Trinajstić information content (AvgIpc) is 2.37. The van der Waals surface area contributed by atoms with Crippen molar-refractivity contribution in [3.63, 3.8) is 0 Å². The maximum atomic E-state index is 12.1. The van der Waals surface area contributed by atoms with Crippen molar-refractivity contribution in [3.8, 4) is 0 Å². The van der Waals surface area contributed by atoms with Crippen LogP contribution in [0.2, 0.25) is 0 Å². The molecule has 1 aromatic rings. The Balaban J connectivity index is 2.58. The Morgan fingerprint density at radius 1 is 1.14 bits per heavy atom. The molecule has 0 unspecified atom stereocenters. The minimum Gasteiger partial charge on any atom is -0.213 e. The summed E-state index contributed by atoms with van der Waals surface area (Å²) in [6.45, 7) is 4.35. The highest BCUT2D eigenvalue weighted by Gasteiger charge is 2.17. The molecular formula is C13H22N2O4S2. The molecule has 8 heteroatoms. The Hall–Kier alpha value is -0.960. The molecule has 0 saturated carbocycles. The minimum atomic E-state index is -3.55. The lowest BCUT2D eigenvalue weighted by Gasteiger charge is -2.17. The van der Waals surface area contributed by atoms with Crippen LogP contribution in [0.25, 0.3) is 0 Å². The van der Waals surface area contributed by atoms with E-state index in [4.69, 9.17) is 0 Å². The Bertz CT molecular complexity index is 669. The van der Waals surface area contributed by atoms with Crippen LogP contribution in [0.3, 0.4) is 0 Å². The Kier molecular flexibility index (Phi) is 6.33. The molecule has 0 spiro atoms. The van der Waals surface area contributed by atoms with Gasteiger partial charge in [0.25, 0.3) is 0 Å². The van der Waals surface area contributed by atoms with Crippen LogP contribution in [0.5, 0.6) is 0 Å². The normalized spacial score (nSPS) is 12.8. The van der Waals surface area contributed by atoms with E-state index < -0.39 is 20.0 Å². The number of rotatable bonds is 8. The van der Waals surface area contributed by atoms with Crippen LogP contribution in [-0.4, -0.2) is 47.0 Å². The summed E-state index contributed by atoms with van der Waals surface area (Å²) >= 11 is 0. The first kappa shape index (κ1) is 18.1. The molecule has 0 aliphatic heterocycles. The Morgan fingerprint density at radius 3 is 2.29 bits per heavy atom. The number of hydrogen-bond donors (Lipinski definition) is 1. The summed E-state index contributed by atoms with van der Waals surface area (Å²) in [6.07, 6.45) is 1.57. The molecule has 6 nitrogen and oxygen atoms in total. The van der Waals surface area contributed by atoms with E-state index in [9.17, 15) is 16.8 Å². The second-order valence-corrected chi connectivity index (χ2v) is 8.49. The van der Waals surface area contributed by atoms with E-state index in [0.717, 1.165) is 6.26 Å². The van der Waals surface area contributed by atoms with Gasteiger partial charge in [-0.1, -0.05) is 25.1 Å². The smallest absolute Gasteiger partial charge is 0.213 e. The molecule has 0 atom stereocenters. The van der Waals surface area contributed by atoms with Crippen molar-refractivity contribution in [1.82, 2.24) is 9.03 Å². The molecule has 0 fully saturated rings. The highest BCUT2D eigenvalue weighted by Crippen LogP contribution is 2.13. The zero-order valence-electron chi connectivity index (χ0n) is 12.5. The van der Waals surface area contributed by atoms with Gasteiger partial charge in [-0.2, -0.15) is 0 Å². The quantitative estimate of drug-likeness (QED) is 0.717. The van der Waals surface area contributed by atoms with Crippen LogP contribution in [0.4, 0.5) is 0 Å². The summed E-state index contributed by atoms with van der Waals surface area (Å²) in [5.41, 5.74) is 0.677. The van der Waals surface area contributed by atoms with E-state index in [0.29, 0.717) is 25.1 Å². The molecule has 21 heavy (non-hydrogen) atoms. The lowest BCUT2D eigenvalue weighted by molar-refractivity contribution is 0.424. The molecule has 0 aliphatic carbocycles. The lowest BCUT2D eigenvalue weighted by atomic mass is 10.2. The van der Waals surface area contributed by atoms with Crippen molar-refractivity contribution in [2.45, 2.75) is 25.2 Å². The fraction of sp³-hybridized carbons (Fsp3) is 0.538. The summed E-state index contributed by atoms with van der Waals surface area (Å²) in [5, 5.41) is 0. The monoisotopic (exact) mass is 334 g/mol. The van der Waals surface area contributed by atoms with Gasteiger partial charge in [0.05, 0.1) is 11.2 Å². The molecule has 1 N–H and O–H groups in total. The zero-order valence-corrected chi connectivity index (χ0v) is 14.2. The van der Waals surface area contributed by atoms with Gasteiger partial charge in [-0.3, -0.25) is 0 Å². The Labute approximate surface area is 127 Å². The number of aryl methyl sites for hydroxylation is 1. The second kappa shape index (κ2) is 7.35. The SMILES string of the molecule is CCN(CCCNS(=O)(=O)c1ccccc1C)S(C)(=O)=O. The highest BCUT2D eigenvalue weighted by atomic mass is 32.2. The molecule has 1 rings (SSSR count). The first-order valence-electron chi connectivity index (χ1n) is 6.69. The fourth-order valence-corrected chi connectivity index (χ4v) is 4.20. The third kappa shape index (κ3) is 5.39. The van der Waals surface area contributed by atoms with Crippen LogP contribution in [0, 0.1) is 6.92 Å². The van der Waals surface area contributed by atoms with Gasteiger partial charge in [-0.05, 0) is 25.0 Å². The number of hydrogen-bond acceptors (Lipinski definition) is 4. The summed E-state index contributed by atoms with van der Waals surface area (Å²) in [5.74, 6) is 0. The molecular weight excluding hydrogens is 312 g/mol. The van der Waals surface area contributed by atoms with Crippen molar-refractivity contribution < 1.29 is 16.8 Å². The topological polar surface area (TPSA) is 83.6 Å². The van der Waals surface area contributed by atoms with Crippen molar-refractivity contribution in [1.29, 1.82) is 0 Å². The lowest BCUT2D eigenvalue weighted by Crippen LogP contribution is -2.33. The van der Waals surface area contributed by atoms with E-state index in [-0.39, 0.29) is 11.4 Å². The molecule has 0 amide bonds. The van der Waals surface area contributed by atoms with Gasteiger partial charge in [-0.15, -0.1) is 0 Å². The molecule has 0 radical (unpaired) electrons. The van der Waals surface area contributed by atoms with Crippen LogP contribution < -0.4 is 4.72 Å². The fourth-order valence-electron chi connectivity index (χ4n) is 1.96. The van der Waals surface area contributed by atoms with E-state index in [1.807, 2.05) is 0 Å². The zero-order chi connectivity index (χ0) is 16.1. The number of sulfonamides is 2. The standard InChI is InChI=1S/C13H22N2O4S2/c1-4-15(20(3,16)17)11-7-10-14-21(18,19)13-9-6-5-8-12(13)2/h5-6,8-9,14H,4,7,10-11H2,1-3H3. The summed E-state index contributed by atoms with van der Waals surface area (Å²) in [6, 6.07) is 6.73. The van der Waals surface area contributed by atoms with E-state index in [1.165, 1.54) is 4.31 Å². The van der Waals surface area contributed by atoms with E-state index >= 15 is 0 Å². The van der Waals surface area contributed by atoms with Crippen LogP contribution in [0.1, 0.15) is 18.9 Å². The summed E-state index contributed by atoms with van der Waals surface area (Å²) in [4.78, 5) is 0.250.